The predicted octanol–water partition coefficient (Wildman–Crippen LogP) is 2.72. The summed E-state index contributed by atoms with van der Waals surface area (Å²) in [6.45, 7) is 4.51. The van der Waals surface area contributed by atoms with E-state index >= 15 is 0 Å². The zero-order valence-electron chi connectivity index (χ0n) is 14.6. The Labute approximate surface area is 149 Å². The molecule has 9 heteroatoms. The van der Waals surface area contributed by atoms with Crippen LogP contribution in [0.3, 0.4) is 0 Å². The average molecular weight is 374 g/mol. The Hall–Kier alpha value is -2.58. The summed E-state index contributed by atoms with van der Waals surface area (Å²) in [5, 5.41) is 4.06. The van der Waals surface area contributed by atoms with E-state index in [1.165, 1.54) is 20.8 Å². The fourth-order valence-corrected chi connectivity index (χ4v) is 1.91. The Morgan fingerprint density at radius 2 is 1.65 bits per heavy atom. The molecule has 0 aliphatic rings. The number of alkyl carbamates (subject to hydrolysis) is 1. The van der Waals surface area contributed by atoms with Gasteiger partial charge in [0.2, 0.25) is 5.78 Å². The minimum absolute atomic E-state index is 0.0312. The summed E-state index contributed by atoms with van der Waals surface area (Å²) in [4.78, 5) is 35.6. The van der Waals surface area contributed by atoms with Gasteiger partial charge in [0.1, 0.15) is 11.6 Å². The second-order valence-corrected chi connectivity index (χ2v) is 6.55. The number of benzene rings is 1. The molecule has 0 fully saturated rings. The van der Waals surface area contributed by atoms with Crippen LogP contribution >= 0.6 is 0 Å². The quantitative estimate of drug-likeness (QED) is 0.750. The van der Waals surface area contributed by atoms with Gasteiger partial charge < -0.3 is 15.4 Å². The zero-order chi connectivity index (χ0) is 20.0. The van der Waals surface area contributed by atoms with E-state index < -0.39 is 42.0 Å². The summed E-state index contributed by atoms with van der Waals surface area (Å²) in [5.74, 6) is -2.62. The maximum Gasteiger partial charge on any atom is 0.408 e. The van der Waals surface area contributed by atoms with Gasteiger partial charge in [-0.3, -0.25) is 9.59 Å². The van der Waals surface area contributed by atoms with Crippen LogP contribution in [-0.2, 0) is 20.9 Å². The van der Waals surface area contributed by atoms with Crippen molar-refractivity contribution >= 4 is 17.8 Å². The number of ketones is 1. The first-order valence-corrected chi connectivity index (χ1v) is 7.79. The second-order valence-electron chi connectivity index (χ2n) is 6.55. The molecule has 0 aliphatic heterocycles. The topological polar surface area (TPSA) is 84.5 Å². The van der Waals surface area contributed by atoms with Crippen molar-refractivity contribution in [2.45, 2.75) is 51.6 Å². The SMILES string of the molecule is CC(C)(C)OC(=O)NC(CC(F)(F)F)C(=O)C(=O)NCc1ccccc1. The Morgan fingerprint density at radius 1 is 1.08 bits per heavy atom. The first kappa shape index (κ1) is 21.5. The maximum atomic E-state index is 12.7. The van der Waals surface area contributed by atoms with Crippen molar-refractivity contribution in [1.29, 1.82) is 0 Å². The molecule has 26 heavy (non-hydrogen) atoms. The van der Waals surface area contributed by atoms with Crippen molar-refractivity contribution in [3.8, 4) is 0 Å². The number of rotatable bonds is 6. The minimum Gasteiger partial charge on any atom is -0.444 e. The Balaban J connectivity index is 2.76. The molecule has 0 spiro atoms. The molecule has 6 nitrogen and oxygen atoms in total. The normalized spacial score (nSPS) is 12.8. The number of hydrogen-bond acceptors (Lipinski definition) is 4. The van der Waals surface area contributed by atoms with Gasteiger partial charge in [-0.25, -0.2) is 4.79 Å². The van der Waals surface area contributed by atoms with E-state index in [4.69, 9.17) is 4.74 Å². The summed E-state index contributed by atoms with van der Waals surface area (Å²) in [5.41, 5.74) is -0.299. The van der Waals surface area contributed by atoms with Crippen LogP contribution in [-0.4, -0.2) is 35.6 Å². The Bertz CT molecular complexity index is 640. The van der Waals surface area contributed by atoms with Crippen LogP contribution in [0.25, 0.3) is 0 Å². The molecule has 144 valence electrons. The van der Waals surface area contributed by atoms with Crippen molar-refractivity contribution in [3.05, 3.63) is 35.9 Å². The summed E-state index contributed by atoms with van der Waals surface area (Å²) in [6.07, 6.45) is -7.64. The lowest BCUT2D eigenvalue weighted by atomic mass is 10.1. The first-order valence-electron chi connectivity index (χ1n) is 7.79. The van der Waals surface area contributed by atoms with Crippen molar-refractivity contribution in [2.24, 2.45) is 0 Å². The van der Waals surface area contributed by atoms with Gasteiger partial charge in [0, 0.05) is 6.54 Å². The van der Waals surface area contributed by atoms with Crippen LogP contribution in [0.1, 0.15) is 32.8 Å². The van der Waals surface area contributed by atoms with Crippen molar-refractivity contribution in [3.63, 3.8) is 0 Å². The molecule has 0 saturated heterocycles. The van der Waals surface area contributed by atoms with Crippen LogP contribution in [0, 0.1) is 0 Å². The van der Waals surface area contributed by atoms with Gasteiger partial charge in [-0.15, -0.1) is 0 Å². The molecule has 1 aromatic rings. The van der Waals surface area contributed by atoms with Crippen LogP contribution < -0.4 is 10.6 Å². The minimum atomic E-state index is -4.75. The van der Waals surface area contributed by atoms with Crippen LogP contribution in [0.2, 0.25) is 0 Å². The van der Waals surface area contributed by atoms with Gasteiger partial charge in [0.25, 0.3) is 5.91 Å². The third-order valence-corrected chi connectivity index (χ3v) is 2.96. The Morgan fingerprint density at radius 3 is 2.15 bits per heavy atom. The van der Waals surface area contributed by atoms with Gasteiger partial charge >= 0.3 is 12.3 Å². The highest BCUT2D eigenvalue weighted by atomic mass is 19.4. The molecule has 0 aromatic heterocycles. The standard InChI is InChI=1S/C17H21F3N2O4/c1-16(2,3)26-15(25)22-12(9-17(18,19)20)13(23)14(24)21-10-11-7-5-4-6-8-11/h4-8,12H,9-10H2,1-3H3,(H,21,24)(H,22,25). The monoisotopic (exact) mass is 374 g/mol. The van der Waals surface area contributed by atoms with Crippen LogP contribution in [0.4, 0.5) is 18.0 Å². The van der Waals surface area contributed by atoms with Gasteiger partial charge in [-0.05, 0) is 26.3 Å². The highest BCUT2D eigenvalue weighted by molar-refractivity contribution is 6.38. The third-order valence-electron chi connectivity index (χ3n) is 2.96. The molecule has 1 unspecified atom stereocenters. The molecule has 1 atom stereocenters. The van der Waals surface area contributed by atoms with Crippen molar-refractivity contribution in [1.82, 2.24) is 10.6 Å². The van der Waals surface area contributed by atoms with Gasteiger partial charge in [0.15, 0.2) is 0 Å². The summed E-state index contributed by atoms with van der Waals surface area (Å²) in [6, 6.07) is 6.45. The number of halogens is 3. The summed E-state index contributed by atoms with van der Waals surface area (Å²) >= 11 is 0. The van der Waals surface area contributed by atoms with Gasteiger partial charge in [-0.2, -0.15) is 13.2 Å². The molecule has 0 bridgehead atoms. The third kappa shape index (κ3) is 8.50. The zero-order valence-corrected chi connectivity index (χ0v) is 14.6. The molecule has 0 aliphatic carbocycles. The lowest BCUT2D eigenvalue weighted by Crippen LogP contribution is -2.50. The molecular weight excluding hydrogens is 353 g/mol. The average Bonchev–Trinajstić information content (AvgIpc) is 2.49. The lowest BCUT2D eigenvalue weighted by Gasteiger charge is -2.23. The predicted molar refractivity (Wildman–Crippen MR) is 87.1 cm³/mol. The fraction of sp³-hybridized carbons (Fsp3) is 0.471. The number of alkyl halides is 3. The molecule has 1 rings (SSSR count). The van der Waals surface area contributed by atoms with E-state index in [0.29, 0.717) is 5.56 Å². The number of Topliss-reactive ketones (excluding diaryl/α,β-unsaturated/α-hetero) is 1. The molecule has 0 saturated carbocycles. The molecule has 2 amide bonds. The Kier molecular flexibility index (Phi) is 7.17. The first-order chi connectivity index (χ1) is 11.9. The van der Waals surface area contributed by atoms with E-state index in [-0.39, 0.29) is 6.54 Å². The number of carbonyl (C=O) groups is 3. The van der Waals surface area contributed by atoms with E-state index in [0.717, 1.165) is 0 Å². The lowest BCUT2D eigenvalue weighted by molar-refractivity contribution is -0.152. The van der Waals surface area contributed by atoms with Crippen molar-refractivity contribution < 1.29 is 32.3 Å². The molecule has 1 aromatic carbocycles. The largest absolute Gasteiger partial charge is 0.444 e. The second kappa shape index (κ2) is 8.68. The highest BCUT2D eigenvalue weighted by Gasteiger charge is 2.39. The van der Waals surface area contributed by atoms with E-state index in [9.17, 15) is 27.6 Å². The summed E-state index contributed by atoms with van der Waals surface area (Å²) in [7, 11) is 0. The smallest absolute Gasteiger partial charge is 0.408 e. The van der Waals surface area contributed by atoms with Crippen LogP contribution in [0.15, 0.2) is 30.3 Å². The van der Waals surface area contributed by atoms with E-state index in [1.54, 1.807) is 30.3 Å². The number of nitrogens with one attached hydrogen (secondary N) is 2. The number of ether oxygens (including phenoxy) is 1. The van der Waals surface area contributed by atoms with Gasteiger partial charge in [0.05, 0.1) is 6.42 Å². The van der Waals surface area contributed by atoms with E-state index in [1.807, 2.05) is 5.32 Å². The van der Waals surface area contributed by atoms with E-state index in [2.05, 4.69) is 5.32 Å². The maximum absolute atomic E-state index is 12.7. The fourth-order valence-electron chi connectivity index (χ4n) is 1.91. The highest BCUT2D eigenvalue weighted by Crippen LogP contribution is 2.22. The molecular formula is C17H21F3N2O4. The number of amides is 2. The molecule has 2 N–H and O–H groups in total. The summed E-state index contributed by atoms with van der Waals surface area (Å²) < 4.78 is 42.9. The number of hydrogen-bond donors (Lipinski definition) is 2. The number of carbonyl (C=O) groups excluding carboxylic acids is 3. The van der Waals surface area contributed by atoms with Gasteiger partial charge in [-0.1, -0.05) is 30.3 Å². The molecule has 0 radical (unpaired) electrons. The molecule has 0 heterocycles. The van der Waals surface area contributed by atoms with Crippen molar-refractivity contribution in [2.75, 3.05) is 0 Å². The van der Waals surface area contributed by atoms with Crippen LogP contribution in [0.5, 0.6) is 0 Å².